The molecule has 0 unspecified atom stereocenters. The van der Waals surface area contributed by atoms with Crippen molar-refractivity contribution in [1.29, 1.82) is 0 Å². The molecule has 0 bridgehead atoms. The molecule has 26 heavy (non-hydrogen) atoms. The number of nitrogens with one attached hydrogen (secondary N) is 1. The molecule has 2 aliphatic heterocycles. The average Bonchev–Trinajstić information content (AvgIpc) is 3.16. The molecule has 0 saturated carbocycles. The van der Waals surface area contributed by atoms with Gasteiger partial charge in [-0.1, -0.05) is 24.0 Å². The van der Waals surface area contributed by atoms with E-state index in [0.29, 0.717) is 6.42 Å². The molecule has 5 heteroatoms. The summed E-state index contributed by atoms with van der Waals surface area (Å²) >= 11 is 0. The summed E-state index contributed by atoms with van der Waals surface area (Å²) in [5.41, 5.74) is 4.67. The molecule has 1 aromatic heterocycles. The largest absolute Gasteiger partial charge is 0.395 e. The van der Waals surface area contributed by atoms with Crippen molar-refractivity contribution < 1.29 is 9.84 Å². The number of aromatic amines is 1. The van der Waals surface area contributed by atoms with Gasteiger partial charge in [-0.05, 0) is 42.5 Å². The summed E-state index contributed by atoms with van der Waals surface area (Å²) in [6.45, 7) is 3.92. The Morgan fingerprint density at radius 3 is 2.81 bits per heavy atom. The quantitative estimate of drug-likeness (QED) is 0.833. The minimum atomic E-state index is -0.160. The lowest BCUT2D eigenvalue weighted by Gasteiger charge is -2.43. The number of rotatable bonds is 3. The first-order chi connectivity index (χ1) is 12.8. The number of H-pyrrole nitrogens is 1. The zero-order chi connectivity index (χ0) is 17.8. The van der Waals surface area contributed by atoms with Crippen molar-refractivity contribution >= 4 is 0 Å². The van der Waals surface area contributed by atoms with Crippen LogP contribution in [0.15, 0.2) is 30.5 Å². The van der Waals surface area contributed by atoms with Crippen LogP contribution >= 0.6 is 0 Å². The van der Waals surface area contributed by atoms with Crippen LogP contribution in [0.2, 0.25) is 0 Å². The number of aliphatic hydroxyl groups excluding tert-OH is 1. The minimum Gasteiger partial charge on any atom is -0.395 e. The molecule has 4 rings (SSSR count). The second-order valence-corrected chi connectivity index (χ2v) is 7.11. The zero-order valence-electron chi connectivity index (χ0n) is 15.0. The van der Waals surface area contributed by atoms with E-state index in [2.05, 4.69) is 51.2 Å². The molecular formula is C21H25N3O2. The zero-order valence-corrected chi connectivity index (χ0v) is 15.0. The van der Waals surface area contributed by atoms with Crippen LogP contribution in [0.5, 0.6) is 0 Å². The highest BCUT2D eigenvalue weighted by molar-refractivity contribution is 5.36. The standard InChI is InChI=1S/C21H25N3O2/c25-13-2-1-3-17-4-6-18(7-5-17)16-24-11-9-21(10-12-24)20-19(8-14-26-21)15-22-23-20/h4-7,15,25H,2,8-14,16H2,(H,22,23). The van der Waals surface area contributed by atoms with Crippen LogP contribution in [-0.2, 0) is 23.3 Å². The third-order valence-electron chi connectivity index (χ3n) is 5.42. The van der Waals surface area contributed by atoms with E-state index in [1.165, 1.54) is 16.8 Å². The molecule has 1 fully saturated rings. The second-order valence-electron chi connectivity index (χ2n) is 7.11. The van der Waals surface area contributed by atoms with Crippen LogP contribution in [0.1, 0.15) is 41.6 Å². The Morgan fingerprint density at radius 2 is 2.04 bits per heavy atom. The van der Waals surface area contributed by atoms with Gasteiger partial charge >= 0.3 is 0 Å². The number of fused-ring (bicyclic) bond motifs is 2. The van der Waals surface area contributed by atoms with Gasteiger partial charge in [0.25, 0.3) is 0 Å². The molecule has 1 spiro atoms. The molecule has 2 aliphatic rings. The smallest absolute Gasteiger partial charge is 0.112 e. The number of hydrogen-bond donors (Lipinski definition) is 2. The number of aromatic nitrogens is 2. The number of piperidine rings is 1. The molecule has 3 heterocycles. The van der Waals surface area contributed by atoms with Crippen molar-refractivity contribution in [2.24, 2.45) is 0 Å². The fourth-order valence-electron chi connectivity index (χ4n) is 3.96. The maximum absolute atomic E-state index is 8.78. The first-order valence-corrected chi connectivity index (χ1v) is 9.37. The number of ether oxygens (including phenoxy) is 1. The van der Waals surface area contributed by atoms with E-state index in [0.717, 1.165) is 51.1 Å². The fraction of sp³-hybridized carbons (Fsp3) is 0.476. The maximum Gasteiger partial charge on any atom is 0.112 e. The van der Waals surface area contributed by atoms with E-state index < -0.39 is 0 Å². The number of likely N-dealkylation sites (tertiary alicyclic amines) is 1. The van der Waals surface area contributed by atoms with Gasteiger partial charge in [0.05, 0.1) is 25.1 Å². The Bertz CT molecular complexity index is 793. The molecule has 1 aromatic carbocycles. The Kier molecular flexibility index (Phi) is 5.07. The highest BCUT2D eigenvalue weighted by atomic mass is 16.5. The number of nitrogens with zero attached hydrogens (tertiary/aromatic N) is 2. The molecule has 0 aliphatic carbocycles. The van der Waals surface area contributed by atoms with Gasteiger partial charge in [-0.2, -0.15) is 5.10 Å². The molecule has 0 amide bonds. The van der Waals surface area contributed by atoms with Crippen molar-refractivity contribution in [1.82, 2.24) is 15.1 Å². The van der Waals surface area contributed by atoms with Gasteiger partial charge in [0.15, 0.2) is 0 Å². The van der Waals surface area contributed by atoms with Crippen LogP contribution < -0.4 is 0 Å². The predicted molar refractivity (Wildman–Crippen MR) is 99.5 cm³/mol. The molecule has 0 atom stereocenters. The highest BCUT2D eigenvalue weighted by Crippen LogP contribution is 2.40. The van der Waals surface area contributed by atoms with Gasteiger partial charge in [0.2, 0.25) is 0 Å². The van der Waals surface area contributed by atoms with Gasteiger partial charge in [-0.15, -0.1) is 0 Å². The van der Waals surface area contributed by atoms with Crippen molar-refractivity contribution in [2.75, 3.05) is 26.3 Å². The van der Waals surface area contributed by atoms with E-state index >= 15 is 0 Å². The van der Waals surface area contributed by atoms with E-state index in [-0.39, 0.29) is 12.2 Å². The van der Waals surface area contributed by atoms with E-state index in [1.54, 1.807) is 0 Å². The number of benzene rings is 1. The van der Waals surface area contributed by atoms with Crippen molar-refractivity contribution in [3.63, 3.8) is 0 Å². The normalized spacial score (nSPS) is 19.0. The fourth-order valence-corrected chi connectivity index (χ4v) is 3.96. The van der Waals surface area contributed by atoms with Gasteiger partial charge in [0, 0.05) is 31.6 Å². The van der Waals surface area contributed by atoms with Crippen LogP contribution in [0, 0.1) is 11.8 Å². The topological polar surface area (TPSA) is 61.4 Å². The third kappa shape index (κ3) is 3.54. The summed E-state index contributed by atoms with van der Waals surface area (Å²) in [6.07, 6.45) is 5.46. The SMILES string of the molecule is OCCC#Cc1ccc(CN2CCC3(CC2)OCCc2cn[nH]c23)cc1. The maximum atomic E-state index is 8.78. The molecule has 136 valence electrons. The molecule has 5 nitrogen and oxygen atoms in total. The van der Waals surface area contributed by atoms with Gasteiger partial charge < -0.3 is 9.84 Å². The monoisotopic (exact) mass is 351 g/mol. The molecule has 2 aromatic rings. The van der Waals surface area contributed by atoms with Gasteiger partial charge in [-0.25, -0.2) is 0 Å². The van der Waals surface area contributed by atoms with E-state index in [9.17, 15) is 0 Å². The van der Waals surface area contributed by atoms with E-state index in [1.807, 2.05) is 6.20 Å². The third-order valence-corrected chi connectivity index (χ3v) is 5.42. The average molecular weight is 351 g/mol. The summed E-state index contributed by atoms with van der Waals surface area (Å²) < 4.78 is 6.22. The predicted octanol–water partition coefficient (Wildman–Crippen LogP) is 2.21. The Hall–Kier alpha value is -2.13. The van der Waals surface area contributed by atoms with Gasteiger partial charge in [-0.3, -0.25) is 10.00 Å². The minimum absolute atomic E-state index is 0.116. The van der Waals surface area contributed by atoms with Crippen LogP contribution in [0.3, 0.4) is 0 Å². The molecule has 1 saturated heterocycles. The van der Waals surface area contributed by atoms with Crippen molar-refractivity contribution in [3.05, 3.63) is 52.8 Å². The second kappa shape index (κ2) is 7.63. The molecule has 0 radical (unpaired) electrons. The number of aliphatic hydroxyl groups is 1. The lowest BCUT2D eigenvalue weighted by Crippen LogP contribution is -2.46. The van der Waals surface area contributed by atoms with Crippen molar-refractivity contribution in [2.45, 2.75) is 37.8 Å². The Labute approximate surface area is 154 Å². The summed E-state index contributed by atoms with van der Waals surface area (Å²) in [7, 11) is 0. The first-order valence-electron chi connectivity index (χ1n) is 9.37. The summed E-state index contributed by atoms with van der Waals surface area (Å²) in [5, 5.41) is 16.2. The van der Waals surface area contributed by atoms with Gasteiger partial charge in [0.1, 0.15) is 5.60 Å². The Morgan fingerprint density at radius 1 is 1.23 bits per heavy atom. The Balaban J connectivity index is 1.36. The van der Waals surface area contributed by atoms with Crippen LogP contribution in [0.4, 0.5) is 0 Å². The summed E-state index contributed by atoms with van der Waals surface area (Å²) in [4.78, 5) is 2.49. The lowest BCUT2D eigenvalue weighted by molar-refractivity contribution is -0.102. The molecular weight excluding hydrogens is 326 g/mol. The molecule has 2 N–H and O–H groups in total. The lowest BCUT2D eigenvalue weighted by atomic mass is 9.83. The summed E-state index contributed by atoms with van der Waals surface area (Å²) in [6, 6.07) is 8.42. The highest BCUT2D eigenvalue weighted by Gasteiger charge is 2.42. The van der Waals surface area contributed by atoms with Crippen LogP contribution in [-0.4, -0.2) is 46.5 Å². The first kappa shape index (κ1) is 17.3. The van der Waals surface area contributed by atoms with E-state index in [4.69, 9.17) is 9.84 Å². The van der Waals surface area contributed by atoms with Crippen molar-refractivity contribution in [3.8, 4) is 11.8 Å². The summed E-state index contributed by atoms with van der Waals surface area (Å²) in [5.74, 6) is 6.03. The van der Waals surface area contributed by atoms with Crippen LogP contribution in [0.25, 0.3) is 0 Å². The number of hydrogen-bond acceptors (Lipinski definition) is 4.